The zero-order chi connectivity index (χ0) is 22.9. The van der Waals surface area contributed by atoms with Gasteiger partial charge in [0.15, 0.2) is 11.6 Å². The van der Waals surface area contributed by atoms with Gasteiger partial charge in [-0.05, 0) is 31.4 Å². The van der Waals surface area contributed by atoms with Crippen LogP contribution in [0.5, 0.6) is 0 Å². The summed E-state index contributed by atoms with van der Waals surface area (Å²) in [5, 5.41) is 12.9. The average Bonchev–Trinajstić information content (AvgIpc) is 3.31. The Kier molecular flexibility index (Phi) is 8.26. The molecule has 1 saturated carbocycles. The van der Waals surface area contributed by atoms with Crippen LogP contribution in [0.25, 0.3) is 0 Å². The predicted molar refractivity (Wildman–Crippen MR) is 115 cm³/mol. The Morgan fingerprint density at radius 1 is 1.31 bits per heavy atom. The molecule has 0 radical (unpaired) electrons. The molecule has 11 heteroatoms. The molecule has 4 N–H and O–H groups in total. The Morgan fingerprint density at radius 3 is 2.75 bits per heavy atom. The highest BCUT2D eigenvalue weighted by atomic mass is 19.1. The number of hydrogen-bond acceptors (Lipinski definition) is 8. The fourth-order valence-corrected chi connectivity index (χ4v) is 3.84. The number of carbonyl (C=O) groups is 2. The van der Waals surface area contributed by atoms with E-state index in [0.717, 1.165) is 25.7 Å². The Hall–Kier alpha value is -3.34. The zero-order valence-electron chi connectivity index (χ0n) is 17.9. The molecule has 1 aliphatic carbocycles. The summed E-state index contributed by atoms with van der Waals surface area (Å²) in [6.45, 7) is 1.73. The number of hydroxylamine groups is 2. The first-order valence-electron chi connectivity index (χ1n) is 10.6. The Morgan fingerprint density at radius 2 is 2.06 bits per heavy atom. The number of hydrazine groups is 1. The highest BCUT2D eigenvalue weighted by Crippen LogP contribution is 2.30. The molecule has 2 aromatic rings. The van der Waals surface area contributed by atoms with E-state index in [2.05, 4.69) is 31.1 Å². The van der Waals surface area contributed by atoms with Crippen LogP contribution in [0.3, 0.4) is 0 Å². The van der Waals surface area contributed by atoms with E-state index < -0.39 is 17.6 Å². The zero-order valence-corrected chi connectivity index (χ0v) is 17.9. The third-order valence-corrected chi connectivity index (χ3v) is 5.42. The van der Waals surface area contributed by atoms with E-state index in [4.69, 9.17) is 0 Å². The Labute approximate surface area is 185 Å². The Bertz CT molecular complexity index is 910. The molecule has 0 bridgehead atoms. The maximum absolute atomic E-state index is 14.9. The lowest BCUT2D eigenvalue weighted by molar-refractivity contribution is -0.154. The van der Waals surface area contributed by atoms with Crippen LogP contribution in [0.1, 0.15) is 43.6 Å². The molecule has 1 fully saturated rings. The normalized spacial score (nSPS) is 14.6. The molecule has 1 aliphatic rings. The number of aromatic nitrogens is 3. The van der Waals surface area contributed by atoms with E-state index in [1.54, 1.807) is 25.3 Å². The first kappa shape index (κ1) is 23.3. The molecule has 0 aromatic carbocycles. The van der Waals surface area contributed by atoms with Gasteiger partial charge in [-0.1, -0.05) is 31.7 Å². The van der Waals surface area contributed by atoms with Crippen molar-refractivity contribution < 1.29 is 19.2 Å². The van der Waals surface area contributed by atoms with Crippen LogP contribution in [0.15, 0.2) is 24.4 Å². The second kappa shape index (κ2) is 11.3. The van der Waals surface area contributed by atoms with Crippen molar-refractivity contribution in [2.24, 2.45) is 11.8 Å². The lowest BCUT2D eigenvalue weighted by Gasteiger charge is -2.22. The molecule has 0 aliphatic heterocycles. The molecule has 2 amide bonds. The second-order valence-electron chi connectivity index (χ2n) is 7.88. The predicted octanol–water partition coefficient (Wildman–Crippen LogP) is 2.42. The van der Waals surface area contributed by atoms with Gasteiger partial charge in [-0.25, -0.2) is 15.0 Å². The van der Waals surface area contributed by atoms with Crippen molar-refractivity contribution in [3.05, 3.63) is 41.7 Å². The molecule has 1 atom stereocenters. The van der Waals surface area contributed by atoms with Gasteiger partial charge in [0.25, 0.3) is 0 Å². The van der Waals surface area contributed by atoms with E-state index in [1.165, 1.54) is 0 Å². The van der Waals surface area contributed by atoms with Crippen LogP contribution in [0, 0.1) is 24.6 Å². The van der Waals surface area contributed by atoms with Crippen LogP contribution < -0.4 is 16.2 Å². The van der Waals surface area contributed by atoms with Gasteiger partial charge in [-0.2, -0.15) is 4.39 Å². The van der Waals surface area contributed by atoms with Crippen LogP contribution in [0.2, 0.25) is 0 Å². The second-order valence-corrected chi connectivity index (χ2v) is 7.88. The van der Waals surface area contributed by atoms with Crippen LogP contribution >= 0.6 is 0 Å². The fourth-order valence-electron chi connectivity index (χ4n) is 3.84. The number of pyridine rings is 1. The number of hydrogen-bond donors (Lipinski definition) is 4. The highest BCUT2D eigenvalue weighted by molar-refractivity contribution is 5.80. The van der Waals surface area contributed by atoms with Crippen molar-refractivity contribution in [1.29, 1.82) is 0 Å². The van der Waals surface area contributed by atoms with E-state index >= 15 is 0 Å². The average molecular weight is 445 g/mol. The molecule has 3 rings (SSSR count). The fraction of sp³-hybridized carbons (Fsp3) is 0.476. The van der Waals surface area contributed by atoms with Gasteiger partial charge in [0, 0.05) is 6.20 Å². The summed E-state index contributed by atoms with van der Waals surface area (Å²) in [6.07, 6.45) is 6.65. The molecular formula is C21H28FN7O3. The van der Waals surface area contributed by atoms with Crippen molar-refractivity contribution in [3.63, 3.8) is 0 Å². The van der Waals surface area contributed by atoms with Gasteiger partial charge in [0.1, 0.15) is 5.82 Å². The molecule has 10 nitrogen and oxygen atoms in total. The molecule has 2 aromatic heterocycles. The van der Waals surface area contributed by atoms with Gasteiger partial charge in [-0.3, -0.25) is 30.6 Å². The molecule has 0 saturated heterocycles. The topological polar surface area (TPSA) is 132 Å². The van der Waals surface area contributed by atoms with Gasteiger partial charge >= 0.3 is 0 Å². The minimum absolute atomic E-state index is 0.0232. The molecule has 2 heterocycles. The van der Waals surface area contributed by atoms with E-state index in [9.17, 15) is 19.2 Å². The summed E-state index contributed by atoms with van der Waals surface area (Å²) in [5.41, 5.74) is 5.69. The van der Waals surface area contributed by atoms with Crippen LogP contribution in [0.4, 0.5) is 16.0 Å². The number of anilines is 2. The van der Waals surface area contributed by atoms with Gasteiger partial charge in [0.2, 0.25) is 18.1 Å². The van der Waals surface area contributed by atoms with E-state index in [1.807, 2.05) is 6.07 Å². The molecule has 0 spiro atoms. The van der Waals surface area contributed by atoms with Crippen molar-refractivity contribution >= 4 is 24.0 Å². The summed E-state index contributed by atoms with van der Waals surface area (Å²) in [7, 11) is 0. The summed E-state index contributed by atoms with van der Waals surface area (Å²) in [6, 6.07) is 5.41. The van der Waals surface area contributed by atoms with Crippen LogP contribution in [-0.4, -0.2) is 44.1 Å². The van der Waals surface area contributed by atoms with Crippen molar-refractivity contribution in [2.75, 3.05) is 17.3 Å². The summed E-state index contributed by atoms with van der Waals surface area (Å²) in [5.74, 6) is -1.42. The maximum Gasteiger partial charge on any atom is 0.243 e. The third kappa shape index (κ3) is 6.58. The summed E-state index contributed by atoms with van der Waals surface area (Å²) in [4.78, 5) is 35.8. The quantitative estimate of drug-likeness (QED) is 0.236. The van der Waals surface area contributed by atoms with Gasteiger partial charge < -0.3 is 5.32 Å². The van der Waals surface area contributed by atoms with Crippen molar-refractivity contribution in [1.82, 2.24) is 25.4 Å². The van der Waals surface area contributed by atoms with Gasteiger partial charge in [-0.15, -0.1) is 0 Å². The van der Waals surface area contributed by atoms with Crippen molar-refractivity contribution in [2.45, 2.75) is 45.6 Å². The number of nitrogens with one attached hydrogen (secondary N) is 3. The lowest BCUT2D eigenvalue weighted by atomic mass is 9.92. The minimum Gasteiger partial charge on any atom is -0.362 e. The number of carbonyl (C=O) groups excluding carboxylic acids is 2. The largest absolute Gasteiger partial charge is 0.362 e. The monoisotopic (exact) mass is 445 g/mol. The van der Waals surface area contributed by atoms with E-state index in [0.29, 0.717) is 28.9 Å². The maximum atomic E-state index is 14.9. The van der Waals surface area contributed by atoms with E-state index in [-0.39, 0.29) is 31.1 Å². The number of amides is 2. The Balaban J connectivity index is 1.64. The summed E-state index contributed by atoms with van der Waals surface area (Å²) < 4.78 is 14.9. The highest BCUT2D eigenvalue weighted by Gasteiger charge is 2.27. The van der Waals surface area contributed by atoms with Crippen molar-refractivity contribution in [3.8, 4) is 0 Å². The number of halogens is 1. The number of nitrogens with zero attached hydrogens (tertiary/aromatic N) is 4. The number of aryl methyl sites for hydroxylation is 1. The number of rotatable bonds is 11. The molecule has 0 unspecified atom stereocenters. The third-order valence-electron chi connectivity index (χ3n) is 5.42. The smallest absolute Gasteiger partial charge is 0.243 e. The SMILES string of the molecule is Cc1nc(NCc2ccccn2)c(F)c(NNC(=O)[C@H](CC2CCCC2)CN(O)C=O)n1. The first-order valence-corrected chi connectivity index (χ1v) is 10.6. The standard InChI is InChI=1S/C21H28FN7O3/c1-14-25-19(24-11-17-8-4-5-9-23-17)18(22)20(26-14)27-28-21(31)16(12-29(32)13-30)10-15-6-2-3-7-15/h4-5,8-9,13,15-16,32H,2-3,6-7,10-12H2,1H3,(H,28,31)(H2,24,25,26,27)/t16-/m1/s1. The molecule has 32 heavy (non-hydrogen) atoms. The molecular weight excluding hydrogens is 417 g/mol. The first-order chi connectivity index (χ1) is 15.5. The lowest BCUT2D eigenvalue weighted by Crippen LogP contribution is -2.41. The summed E-state index contributed by atoms with van der Waals surface area (Å²) >= 11 is 0. The van der Waals surface area contributed by atoms with Crippen LogP contribution in [-0.2, 0) is 16.1 Å². The van der Waals surface area contributed by atoms with Gasteiger partial charge in [0.05, 0.1) is 24.7 Å². The molecule has 172 valence electrons. The minimum atomic E-state index is -0.754.